The number of ether oxygens (including phenoxy) is 1. The van der Waals surface area contributed by atoms with Crippen molar-refractivity contribution in [1.82, 2.24) is 0 Å². The molecule has 0 saturated carbocycles. The number of nitrogens with zero attached hydrogens (tertiary/aromatic N) is 1. The fourth-order valence-electron chi connectivity index (χ4n) is 3.91. The van der Waals surface area contributed by atoms with Gasteiger partial charge in [0, 0.05) is 16.3 Å². The molecule has 5 rings (SSSR count). The van der Waals surface area contributed by atoms with Gasteiger partial charge in [-0.2, -0.15) is 0 Å². The monoisotopic (exact) mass is 445 g/mol. The average molecular weight is 446 g/mol. The van der Waals surface area contributed by atoms with Gasteiger partial charge in [0.15, 0.2) is 0 Å². The topological polar surface area (TPSA) is 29.5 Å². The van der Waals surface area contributed by atoms with E-state index in [0.717, 1.165) is 33.3 Å². The van der Waals surface area contributed by atoms with Gasteiger partial charge < -0.3 is 4.74 Å². The third-order valence-corrected chi connectivity index (χ3v) is 6.82. The van der Waals surface area contributed by atoms with Crippen LogP contribution in [0.15, 0.2) is 91.0 Å². The van der Waals surface area contributed by atoms with Crippen molar-refractivity contribution in [1.29, 1.82) is 0 Å². The lowest BCUT2D eigenvalue weighted by Gasteiger charge is -2.27. The standard InChI is InChI=1S/C26H20ClNO2S/c27-20-11-13-21(14-12-20)28-24(29)17-31-26(28)25-22-9-5-4-8-19(22)10-15-23(25)30-16-18-6-2-1-3-7-18/h1-15,26H,16-17H2/t26-/m1/s1. The van der Waals surface area contributed by atoms with Gasteiger partial charge in [-0.1, -0.05) is 72.3 Å². The Hall–Kier alpha value is -2.95. The van der Waals surface area contributed by atoms with E-state index in [2.05, 4.69) is 30.3 Å². The number of rotatable bonds is 5. The van der Waals surface area contributed by atoms with Crippen LogP contribution < -0.4 is 9.64 Å². The summed E-state index contributed by atoms with van der Waals surface area (Å²) < 4.78 is 6.31. The van der Waals surface area contributed by atoms with Gasteiger partial charge in [-0.15, -0.1) is 11.8 Å². The van der Waals surface area contributed by atoms with E-state index in [4.69, 9.17) is 16.3 Å². The molecule has 5 heteroatoms. The molecule has 1 atom stereocenters. The summed E-state index contributed by atoms with van der Waals surface area (Å²) in [5.74, 6) is 1.31. The number of amides is 1. The van der Waals surface area contributed by atoms with E-state index in [1.54, 1.807) is 11.8 Å². The van der Waals surface area contributed by atoms with Crippen LogP contribution in [0.2, 0.25) is 5.02 Å². The second-order valence-corrected chi connectivity index (χ2v) is 8.88. The Balaban J connectivity index is 1.59. The first-order valence-electron chi connectivity index (χ1n) is 10.1. The first-order chi connectivity index (χ1) is 15.2. The maximum atomic E-state index is 12.9. The number of thioether (sulfide) groups is 1. The Morgan fingerprint density at radius 3 is 2.45 bits per heavy atom. The SMILES string of the molecule is O=C1CS[C@H](c2c(OCc3ccccc3)ccc3ccccc23)N1c1ccc(Cl)cc1. The molecular weight excluding hydrogens is 426 g/mol. The molecule has 3 nitrogen and oxygen atoms in total. The van der Waals surface area contributed by atoms with E-state index in [-0.39, 0.29) is 11.3 Å². The van der Waals surface area contributed by atoms with E-state index in [1.807, 2.05) is 65.6 Å². The fraction of sp³-hybridized carbons (Fsp3) is 0.115. The smallest absolute Gasteiger partial charge is 0.238 e. The highest BCUT2D eigenvalue weighted by molar-refractivity contribution is 8.00. The Labute approximate surface area is 190 Å². The van der Waals surface area contributed by atoms with Gasteiger partial charge in [0.25, 0.3) is 0 Å². The van der Waals surface area contributed by atoms with E-state index < -0.39 is 0 Å². The molecule has 1 heterocycles. The molecule has 0 aliphatic carbocycles. The Bertz CT molecular complexity index is 1230. The molecule has 1 aliphatic heterocycles. The molecule has 0 aromatic heterocycles. The van der Waals surface area contributed by atoms with Gasteiger partial charge in [-0.25, -0.2) is 0 Å². The second kappa shape index (κ2) is 8.66. The van der Waals surface area contributed by atoms with Crippen LogP contribution in [-0.2, 0) is 11.4 Å². The van der Waals surface area contributed by atoms with Crippen molar-refractivity contribution in [2.24, 2.45) is 0 Å². The largest absolute Gasteiger partial charge is 0.488 e. The summed E-state index contributed by atoms with van der Waals surface area (Å²) in [5, 5.41) is 2.70. The summed E-state index contributed by atoms with van der Waals surface area (Å²) in [5.41, 5.74) is 2.97. The highest BCUT2D eigenvalue weighted by Gasteiger charge is 2.36. The predicted molar refractivity (Wildman–Crippen MR) is 129 cm³/mol. The number of benzene rings is 4. The fourth-order valence-corrected chi connectivity index (χ4v) is 5.27. The molecule has 0 bridgehead atoms. The van der Waals surface area contributed by atoms with E-state index in [9.17, 15) is 4.79 Å². The minimum atomic E-state index is -0.175. The van der Waals surface area contributed by atoms with Crippen LogP contribution in [0, 0.1) is 0 Å². The molecule has 1 saturated heterocycles. The van der Waals surface area contributed by atoms with E-state index in [1.165, 1.54) is 0 Å². The second-order valence-electron chi connectivity index (χ2n) is 7.38. The van der Waals surface area contributed by atoms with Gasteiger partial charge in [0.05, 0.1) is 5.75 Å². The van der Waals surface area contributed by atoms with Crippen LogP contribution in [0.25, 0.3) is 10.8 Å². The third-order valence-electron chi connectivity index (χ3n) is 5.39. The molecule has 154 valence electrons. The van der Waals surface area contributed by atoms with Gasteiger partial charge in [-0.05, 0) is 46.7 Å². The van der Waals surface area contributed by atoms with Crippen molar-refractivity contribution in [3.8, 4) is 5.75 Å². The highest BCUT2D eigenvalue weighted by Crippen LogP contribution is 2.47. The van der Waals surface area contributed by atoms with Crippen LogP contribution in [-0.4, -0.2) is 11.7 Å². The zero-order chi connectivity index (χ0) is 21.2. The van der Waals surface area contributed by atoms with Crippen LogP contribution in [0.4, 0.5) is 5.69 Å². The third kappa shape index (κ3) is 4.01. The van der Waals surface area contributed by atoms with Crippen molar-refractivity contribution in [2.45, 2.75) is 12.0 Å². The molecular formula is C26H20ClNO2S. The number of halogens is 1. The number of hydrogen-bond acceptors (Lipinski definition) is 3. The molecule has 0 radical (unpaired) electrons. The van der Waals surface area contributed by atoms with Gasteiger partial charge in [-0.3, -0.25) is 9.69 Å². The average Bonchev–Trinajstić information content (AvgIpc) is 3.19. The highest BCUT2D eigenvalue weighted by atomic mass is 35.5. The first kappa shape index (κ1) is 20.0. The maximum Gasteiger partial charge on any atom is 0.238 e. The summed E-state index contributed by atoms with van der Waals surface area (Å²) in [6.07, 6.45) is 0. The predicted octanol–water partition coefficient (Wildman–Crippen LogP) is 6.85. The van der Waals surface area contributed by atoms with Crippen molar-refractivity contribution < 1.29 is 9.53 Å². The molecule has 0 unspecified atom stereocenters. The minimum Gasteiger partial charge on any atom is -0.488 e. The Morgan fingerprint density at radius 2 is 1.65 bits per heavy atom. The molecule has 0 N–H and O–H groups in total. The summed E-state index contributed by atoms with van der Waals surface area (Å²) in [6, 6.07) is 29.9. The summed E-state index contributed by atoms with van der Waals surface area (Å²) in [7, 11) is 0. The number of fused-ring (bicyclic) bond motifs is 1. The number of carbonyl (C=O) groups is 1. The normalized spacial score (nSPS) is 16.1. The lowest BCUT2D eigenvalue weighted by atomic mass is 10.0. The van der Waals surface area contributed by atoms with Gasteiger partial charge in [0.1, 0.15) is 17.7 Å². The van der Waals surface area contributed by atoms with Crippen molar-refractivity contribution in [3.63, 3.8) is 0 Å². The number of carbonyl (C=O) groups excluding carboxylic acids is 1. The van der Waals surface area contributed by atoms with Crippen LogP contribution >= 0.6 is 23.4 Å². The Kier molecular flexibility index (Phi) is 5.58. The van der Waals surface area contributed by atoms with Gasteiger partial charge >= 0.3 is 0 Å². The summed E-state index contributed by atoms with van der Waals surface area (Å²) >= 11 is 7.71. The van der Waals surface area contributed by atoms with Crippen LogP contribution in [0.5, 0.6) is 5.75 Å². The van der Waals surface area contributed by atoms with Crippen LogP contribution in [0.3, 0.4) is 0 Å². The maximum absolute atomic E-state index is 12.9. The lowest BCUT2D eigenvalue weighted by Crippen LogP contribution is -2.28. The molecule has 1 fully saturated rings. The number of anilines is 1. The van der Waals surface area contributed by atoms with E-state index >= 15 is 0 Å². The molecule has 4 aromatic rings. The van der Waals surface area contributed by atoms with Crippen molar-refractivity contribution in [3.05, 3.63) is 107 Å². The van der Waals surface area contributed by atoms with Gasteiger partial charge in [0.2, 0.25) is 5.91 Å². The zero-order valence-electron chi connectivity index (χ0n) is 16.7. The number of hydrogen-bond donors (Lipinski definition) is 0. The lowest BCUT2D eigenvalue weighted by molar-refractivity contribution is -0.115. The summed E-state index contributed by atoms with van der Waals surface area (Å²) in [6.45, 7) is 0.471. The summed E-state index contributed by atoms with van der Waals surface area (Å²) in [4.78, 5) is 14.8. The minimum absolute atomic E-state index is 0.0827. The van der Waals surface area contributed by atoms with E-state index in [0.29, 0.717) is 17.4 Å². The van der Waals surface area contributed by atoms with Crippen LogP contribution in [0.1, 0.15) is 16.5 Å². The van der Waals surface area contributed by atoms with Crippen molar-refractivity contribution in [2.75, 3.05) is 10.7 Å². The molecule has 31 heavy (non-hydrogen) atoms. The van der Waals surface area contributed by atoms with Crippen molar-refractivity contribution >= 4 is 45.7 Å². The molecule has 0 spiro atoms. The quantitative estimate of drug-likeness (QED) is 0.336. The zero-order valence-corrected chi connectivity index (χ0v) is 18.3. The molecule has 4 aromatic carbocycles. The molecule has 1 amide bonds. The Morgan fingerprint density at radius 1 is 0.903 bits per heavy atom. The molecule has 1 aliphatic rings. The first-order valence-corrected chi connectivity index (χ1v) is 11.5.